The molecule has 218 valence electrons. The highest BCUT2D eigenvalue weighted by molar-refractivity contribution is 6.00. The first kappa shape index (κ1) is 27.9. The summed E-state index contributed by atoms with van der Waals surface area (Å²) in [5.74, 6) is 0.906. The van der Waals surface area contributed by atoms with Crippen LogP contribution in [-0.2, 0) is 4.74 Å². The molecule has 1 fully saturated rings. The molecule has 1 aliphatic rings. The molecule has 1 aliphatic heterocycles. The minimum atomic E-state index is -0.584. The molecule has 0 aliphatic carbocycles. The van der Waals surface area contributed by atoms with E-state index in [1.54, 1.807) is 56.8 Å². The number of carbonyl (C=O) groups excluding carboxylic acids is 2. The molecule has 43 heavy (non-hydrogen) atoms. The summed E-state index contributed by atoms with van der Waals surface area (Å²) in [5.41, 5.74) is 2.94. The fourth-order valence-corrected chi connectivity index (χ4v) is 4.87. The second kappa shape index (κ2) is 11.9. The summed E-state index contributed by atoms with van der Waals surface area (Å²) in [6.45, 7) is 2.45. The lowest BCUT2D eigenvalue weighted by molar-refractivity contribution is 0.0827. The number of morpholine rings is 1. The first-order valence-corrected chi connectivity index (χ1v) is 13.7. The van der Waals surface area contributed by atoms with Crippen molar-refractivity contribution in [1.29, 1.82) is 0 Å². The molecular formula is C32H29FN6O4. The van der Waals surface area contributed by atoms with Gasteiger partial charge in [0.2, 0.25) is 0 Å². The molecule has 0 unspecified atom stereocenters. The number of amides is 3. The highest BCUT2D eigenvalue weighted by Gasteiger charge is 2.20. The largest absolute Gasteiger partial charge is 0.464 e. The zero-order valence-corrected chi connectivity index (χ0v) is 23.6. The number of carbonyl (C=O) groups is 2. The second-order valence-electron chi connectivity index (χ2n) is 10.2. The van der Waals surface area contributed by atoms with Crippen LogP contribution in [0.3, 0.4) is 0 Å². The van der Waals surface area contributed by atoms with Gasteiger partial charge in [-0.05, 0) is 66.7 Å². The van der Waals surface area contributed by atoms with Gasteiger partial charge < -0.3 is 29.6 Å². The van der Waals surface area contributed by atoms with Crippen LogP contribution < -0.4 is 15.5 Å². The van der Waals surface area contributed by atoms with E-state index in [-0.39, 0.29) is 23.0 Å². The fourth-order valence-electron chi connectivity index (χ4n) is 4.87. The van der Waals surface area contributed by atoms with Crippen molar-refractivity contribution < 1.29 is 23.1 Å². The third-order valence-electron chi connectivity index (χ3n) is 7.06. The lowest BCUT2D eigenvalue weighted by atomic mass is 10.1. The zero-order chi connectivity index (χ0) is 29.9. The fraction of sp³-hybridized carbons (Fsp3) is 0.188. The van der Waals surface area contributed by atoms with E-state index in [0.29, 0.717) is 54.6 Å². The standard InChI is InChI=1S/C32H29FN6O4/c1-38(2)31(40)20-5-8-22(9-6-20)34-32(41)35-23-10-12-24(26(33)19-23)29-36-27-18-21(28-4-3-15-43-28)7-11-25(27)30(37-29)39-13-16-42-17-14-39/h3-12,15,18-19H,13-14,16-17H2,1-2H3,(H2,34,35,41). The summed E-state index contributed by atoms with van der Waals surface area (Å²) >= 11 is 0. The maximum Gasteiger partial charge on any atom is 0.323 e. The van der Waals surface area contributed by atoms with Crippen LogP contribution in [0.4, 0.5) is 26.4 Å². The van der Waals surface area contributed by atoms with Crippen molar-refractivity contribution in [3.8, 4) is 22.7 Å². The maximum atomic E-state index is 15.5. The van der Waals surface area contributed by atoms with Gasteiger partial charge in [-0.2, -0.15) is 0 Å². The van der Waals surface area contributed by atoms with E-state index in [9.17, 15) is 9.59 Å². The Labute approximate surface area is 247 Å². The number of nitrogens with zero attached hydrogens (tertiary/aromatic N) is 4. The van der Waals surface area contributed by atoms with Gasteiger partial charge >= 0.3 is 6.03 Å². The van der Waals surface area contributed by atoms with Gasteiger partial charge in [-0.1, -0.05) is 6.07 Å². The predicted molar refractivity (Wildman–Crippen MR) is 163 cm³/mol. The van der Waals surface area contributed by atoms with Gasteiger partial charge in [0.05, 0.1) is 30.6 Å². The van der Waals surface area contributed by atoms with Crippen LogP contribution in [-0.4, -0.2) is 67.2 Å². The first-order valence-electron chi connectivity index (χ1n) is 13.7. The Morgan fingerprint density at radius 3 is 2.35 bits per heavy atom. The lowest BCUT2D eigenvalue weighted by Crippen LogP contribution is -2.37. The third-order valence-corrected chi connectivity index (χ3v) is 7.06. The summed E-state index contributed by atoms with van der Waals surface area (Å²) < 4.78 is 26.6. The molecule has 6 rings (SSSR count). The molecule has 3 heterocycles. The Balaban J connectivity index is 1.26. The van der Waals surface area contributed by atoms with Crippen LogP contribution in [0.5, 0.6) is 0 Å². The van der Waals surface area contributed by atoms with E-state index in [0.717, 1.165) is 10.9 Å². The van der Waals surface area contributed by atoms with Crippen LogP contribution in [0.1, 0.15) is 10.4 Å². The molecule has 5 aromatic rings. The third kappa shape index (κ3) is 6.02. The number of benzene rings is 3. The first-order chi connectivity index (χ1) is 20.9. The number of urea groups is 1. The average Bonchev–Trinajstić information content (AvgIpc) is 3.56. The van der Waals surface area contributed by atoms with Crippen molar-refractivity contribution >= 4 is 40.0 Å². The summed E-state index contributed by atoms with van der Waals surface area (Å²) in [4.78, 5) is 37.8. The number of hydrogen-bond acceptors (Lipinski definition) is 7. The highest BCUT2D eigenvalue weighted by atomic mass is 19.1. The monoisotopic (exact) mass is 580 g/mol. The number of fused-ring (bicyclic) bond motifs is 1. The van der Waals surface area contributed by atoms with Crippen LogP contribution in [0.2, 0.25) is 0 Å². The Morgan fingerprint density at radius 1 is 0.907 bits per heavy atom. The molecule has 0 spiro atoms. The molecule has 0 radical (unpaired) electrons. The minimum absolute atomic E-state index is 0.142. The Kier molecular flexibility index (Phi) is 7.71. The molecule has 3 aromatic carbocycles. The summed E-state index contributed by atoms with van der Waals surface area (Å²) in [7, 11) is 3.33. The maximum absolute atomic E-state index is 15.5. The van der Waals surface area contributed by atoms with E-state index in [4.69, 9.17) is 19.1 Å². The van der Waals surface area contributed by atoms with E-state index < -0.39 is 11.8 Å². The van der Waals surface area contributed by atoms with Crippen molar-refractivity contribution in [2.75, 3.05) is 55.9 Å². The summed E-state index contributed by atoms with van der Waals surface area (Å²) in [5, 5.41) is 6.17. The second-order valence-corrected chi connectivity index (χ2v) is 10.2. The summed E-state index contributed by atoms with van der Waals surface area (Å²) in [6.07, 6.45) is 1.61. The van der Waals surface area contributed by atoms with Crippen molar-refractivity contribution in [3.05, 3.63) is 90.4 Å². The topological polar surface area (TPSA) is 113 Å². The molecular weight excluding hydrogens is 551 g/mol. The Hall–Kier alpha value is -5.29. The highest BCUT2D eigenvalue weighted by Crippen LogP contribution is 2.33. The molecule has 0 bridgehead atoms. The number of furan rings is 1. The van der Waals surface area contributed by atoms with Crippen LogP contribution >= 0.6 is 0 Å². The lowest BCUT2D eigenvalue weighted by Gasteiger charge is -2.29. The molecule has 2 N–H and O–H groups in total. The number of rotatable bonds is 6. The number of aromatic nitrogens is 2. The number of anilines is 3. The van der Waals surface area contributed by atoms with Gasteiger partial charge in [-0.3, -0.25) is 4.79 Å². The van der Waals surface area contributed by atoms with Crippen LogP contribution in [0.15, 0.2) is 83.5 Å². The molecule has 0 saturated carbocycles. The molecule has 11 heteroatoms. The minimum Gasteiger partial charge on any atom is -0.464 e. The van der Waals surface area contributed by atoms with Crippen molar-refractivity contribution in [2.24, 2.45) is 0 Å². The van der Waals surface area contributed by atoms with Crippen molar-refractivity contribution in [2.45, 2.75) is 0 Å². The molecule has 0 atom stereocenters. The van der Waals surface area contributed by atoms with Gasteiger partial charge in [0, 0.05) is 55.1 Å². The van der Waals surface area contributed by atoms with Crippen molar-refractivity contribution in [3.63, 3.8) is 0 Å². The normalized spacial score (nSPS) is 13.1. The zero-order valence-electron chi connectivity index (χ0n) is 23.6. The van der Waals surface area contributed by atoms with E-state index >= 15 is 4.39 Å². The quantitative estimate of drug-likeness (QED) is 0.258. The van der Waals surface area contributed by atoms with Gasteiger partial charge in [-0.15, -0.1) is 0 Å². The van der Waals surface area contributed by atoms with Crippen LogP contribution in [0.25, 0.3) is 33.6 Å². The number of halogens is 1. The van der Waals surface area contributed by atoms with E-state index in [2.05, 4.69) is 15.5 Å². The Morgan fingerprint density at radius 2 is 1.65 bits per heavy atom. The Bertz CT molecular complexity index is 1780. The smallest absolute Gasteiger partial charge is 0.323 e. The average molecular weight is 581 g/mol. The van der Waals surface area contributed by atoms with Gasteiger partial charge in [0.25, 0.3) is 5.91 Å². The molecule has 1 saturated heterocycles. The number of hydrogen-bond donors (Lipinski definition) is 2. The molecule has 2 aromatic heterocycles. The predicted octanol–water partition coefficient (Wildman–Crippen LogP) is 5.88. The number of nitrogens with one attached hydrogen (secondary N) is 2. The van der Waals surface area contributed by atoms with E-state index in [1.807, 2.05) is 30.3 Å². The number of ether oxygens (including phenoxy) is 1. The van der Waals surface area contributed by atoms with Crippen molar-refractivity contribution in [1.82, 2.24) is 14.9 Å². The molecule has 3 amide bonds. The SMILES string of the molecule is CN(C)C(=O)c1ccc(NC(=O)Nc2ccc(-c3nc(N4CCOCC4)c4ccc(-c5ccco5)cc4n3)c(F)c2)cc1. The molecule has 10 nitrogen and oxygen atoms in total. The summed E-state index contributed by atoms with van der Waals surface area (Å²) in [6, 6.07) is 19.8. The van der Waals surface area contributed by atoms with Gasteiger partial charge in [0.15, 0.2) is 5.82 Å². The van der Waals surface area contributed by atoms with E-state index in [1.165, 1.54) is 11.0 Å². The van der Waals surface area contributed by atoms with Gasteiger partial charge in [0.1, 0.15) is 17.4 Å². The van der Waals surface area contributed by atoms with Crippen LogP contribution in [0, 0.1) is 5.82 Å². The van der Waals surface area contributed by atoms with Gasteiger partial charge in [-0.25, -0.2) is 19.2 Å².